The molecule has 0 bridgehead atoms. The molecule has 12 heteroatoms. The van der Waals surface area contributed by atoms with Crippen LogP contribution < -0.4 is 10.1 Å². The zero-order valence-corrected chi connectivity index (χ0v) is 21.3. The molecule has 1 saturated heterocycles. The molecule has 37 heavy (non-hydrogen) atoms. The maximum Gasteiger partial charge on any atom is 0.294 e. The van der Waals surface area contributed by atoms with Crippen LogP contribution in [0.25, 0.3) is 6.08 Å². The number of carbonyl (C=O) groups is 3. The number of amides is 3. The number of hydrogen-bond acceptors (Lipinski definition) is 7. The molecule has 0 spiro atoms. The van der Waals surface area contributed by atoms with Gasteiger partial charge in [0, 0.05) is 12.1 Å². The van der Waals surface area contributed by atoms with Crippen LogP contribution in [-0.2, 0) is 16.2 Å². The highest BCUT2D eigenvalue weighted by Crippen LogP contribution is 2.34. The van der Waals surface area contributed by atoms with E-state index < -0.39 is 34.3 Å². The minimum absolute atomic E-state index is 0.0332. The Bertz CT molecular complexity index is 1450. The van der Waals surface area contributed by atoms with Crippen LogP contribution in [0.5, 0.6) is 5.75 Å². The highest BCUT2D eigenvalue weighted by atomic mass is 79.9. The summed E-state index contributed by atoms with van der Waals surface area (Å²) in [6, 6.07) is 16.7. The largest absolute Gasteiger partial charge is 0.488 e. The predicted octanol–water partition coefficient (Wildman–Crippen LogP) is 5.75. The van der Waals surface area contributed by atoms with Gasteiger partial charge in [-0.1, -0.05) is 30.3 Å². The number of ether oxygens (including phenoxy) is 1. The van der Waals surface area contributed by atoms with Crippen molar-refractivity contribution in [3.8, 4) is 5.75 Å². The first-order valence-electron chi connectivity index (χ1n) is 10.7. The standard InChI is InChI=1S/C25H17BrFN3O6S/c26-18-11-15(8-9-21(18)36-14-16-4-3-5-17(10-16)30(34)35)12-22-24(32)29(25(33)37-22)13-23(31)28-20-7-2-1-6-19(20)27/h1-12H,13-14H2,(H,28,31)/b22-12-. The summed E-state index contributed by atoms with van der Waals surface area (Å²) in [4.78, 5) is 48.7. The van der Waals surface area contributed by atoms with E-state index in [-0.39, 0.29) is 22.9 Å². The van der Waals surface area contributed by atoms with Crippen LogP contribution in [0.1, 0.15) is 11.1 Å². The molecular formula is C25H17BrFN3O6S. The average Bonchev–Trinajstić information content (AvgIpc) is 3.12. The Morgan fingerprint density at radius 2 is 1.92 bits per heavy atom. The Labute approximate surface area is 222 Å². The van der Waals surface area contributed by atoms with Crippen molar-refractivity contribution in [1.82, 2.24) is 4.90 Å². The van der Waals surface area contributed by atoms with Crippen LogP contribution in [-0.4, -0.2) is 33.4 Å². The van der Waals surface area contributed by atoms with Crippen molar-refractivity contribution in [2.45, 2.75) is 6.61 Å². The molecule has 3 amide bonds. The summed E-state index contributed by atoms with van der Waals surface area (Å²) in [5, 5.41) is 12.7. The van der Waals surface area contributed by atoms with Crippen molar-refractivity contribution in [2.75, 3.05) is 11.9 Å². The molecule has 0 aliphatic carbocycles. The van der Waals surface area contributed by atoms with Gasteiger partial charge in [-0.15, -0.1) is 0 Å². The summed E-state index contributed by atoms with van der Waals surface area (Å²) in [6.07, 6.45) is 1.51. The number of nitro benzene ring substituents is 1. The highest BCUT2D eigenvalue weighted by Gasteiger charge is 2.36. The SMILES string of the molecule is O=C(CN1C(=O)S/C(=C\c2ccc(OCc3cccc([N+](=O)[O-])c3)c(Br)c2)C1=O)Nc1ccccc1F. The summed E-state index contributed by atoms with van der Waals surface area (Å²) in [5.41, 5.74) is 1.13. The van der Waals surface area contributed by atoms with Crippen molar-refractivity contribution in [1.29, 1.82) is 0 Å². The average molecular weight is 586 g/mol. The lowest BCUT2D eigenvalue weighted by Gasteiger charge is -2.12. The molecule has 1 aliphatic rings. The third-order valence-corrected chi connectivity index (χ3v) is 6.62. The summed E-state index contributed by atoms with van der Waals surface area (Å²) in [6.45, 7) is -0.447. The Kier molecular flexibility index (Phi) is 7.99. The number of thioether (sulfide) groups is 1. The smallest absolute Gasteiger partial charge is 0.294 e. The van der Waals surface area contributed by atoms with Crippen LogP contribution in [0, 0.1) is 15.9 Å². The number of carbonyl (C=O) groups excluding carboxylic acids is 3. The summed E-state index contributed by atoms with van der Waals surface area (Å²) < 4.78 is 20.1. The Morgan fingerprint density at radius 1 is 1.14 bits per heavy atom. The summed E-state index contributed by atoms with van der Waals surface area (Å²) >= 11 is 4.09. The minimum Gasteiger partial charge on any atom is -0.488 e. The van der Waals surface area contributed by atoms with Gasteiger partial charge in [0.15, 0.2) is 0 Å². The normalized spacial score (nSPS) is 14.2. The number of halogens is 2. The molecule has 0 saturated carbocycles. The number of imide groups is 1. The van der Waals surface area contributed by atoms with Crippen LogP contribution in [0.4, 0.5) is 20.6 Å². The van der Waals surface area contributed by atoms with Crippen molar-refractivity contribution in [3.63, 3.8) is 0 Å². The molecule has 4 rings (SSSR count). The maximum atomic E-state index is 13.7. The first kappa shape index (κ1) is 26.0. The fourth-order valence-corrected chi connectivity index (χ4v) is 4.68. The second kappa shape index (κ2) is 11.4. The molecule has 9 nitrogen and oxygen atoms in total. The molecule has 0 aromatic heterocycles. The molecule has 0 atom stereocenters. The van der Waals surface area contributed by atoms with Crippen molar-refractivity contribution >= 4 is 62.2 Å². The lowest BCUT2D eigenvalue weighted by atomic mass is 10.2. The molecule has 0 radical (unpaired) electrons. The van der Waals surface area contributed by atoms with Gasteiger partial charge in [-0.3, -0.25) is 29.4 Å². The zero-order chi connectivity index (χ0) is 26.5. The third-order valence-electron chi connectivity index (χ3n) is 5.09. The molecule has 1 N–H and O–H groups in total. The van der Waals surface area contributed by atoms with Crippen molar-refractivity contribution in [2.24, 2.45) is 0 Å². The molecule has 3 aromatic carbocycles. The number of nitrogens with one attached hydrogen (secondary N) is 1. The van der Waals surface area contributed by atoms with E-state index in [0.29, 0.717) is 33.1 Å². The van der Waals surface area contributed by atoms with Gasteiger partial charge in [0.2, 0.25) is 5.91 Å². The lowest BCUT2D eigenvalue weighted by molar-refractivity contribution is -0.384. The molecule has 1 heterocycles. The monoisotopic (exact) mass is 585 g/mol. The van der Waals surface area contributed by atoms with Gasteiger partial charge >= 0.3 is 0 Å². The van der Waals surface area contributed by atoms with Crippen LogP contribution in [0.15, 0.2) is 76.1 Å². The molecule has 188 valence electrons. The maximum absolute atomic E-state index is 13.7. The van der Waals surface area contributed by atoms with E-state index in [4.69, 9.17) is 4.74 Å². The number of para-hydroxylation sites is 1. The van der Waals surface area contributed by atoms with Gasteiger partial charge < -0.3 is 10.1 Å². The topological polar surface area (TPSA) is 119 Å². The highest BCUT2D eigenvalue weighted by molar-refractivity contribution is 9.10. The van der Waals surface area contributed by atoms with Gasteiger partial charge in [-0.2, -0.15) is 0 Å². The number of anilines is 1. The second-order valence-corrected chi connectivity index (χ2v) is 9.55. The van der Waals surface area contributed by atoms with Gasteiger partial charge in [0.1, 0.15) is 24.7 Å². The number of hydrogen-bond donors (Lipinski definition) is 1. The van der Waals surface area contributed by atoms with Crippen LogP contribution >= 0.6 is 27.7 Å². The number of nitro groups is 1. The van der Waals surface area contributed by atoms with Gasteiger partial charge in [-0.05, 0) is 69.2 Å². The molecule has 0 unspecified atom stereocenters. The van der Waals surface area contributed by atoms with E-state index in [2.05, 4.69) is 21.2 Å². The van der Waals surface area contributed by atoms with E-state index in [1.54, 1.807) is 36.4 Å². The summed E-state index contributed by atoms with van der Waals surface area (Å²) in [5.74, 6) is -1.50. The van der Waals surface area contributed by atoms with Gasteiger partial charge in [0.25, 0.3) is 16.8 Å². The second-order valence-electron chi connectivity index (χ2n) is 7.70. The van der Waals surface area contributed by atoms with E-state index in [1.807, 2.05) is 0 Å². The van der Waals surface area contributed by atoms with Gasteiger partial charge in [0.05, 0.1) is 20.0 Å². The minimum atomic E-state index is -0.707. The fraction of sp³-hybridized carbons (Fsp3) is 0.0800. The molecule has 1 fully saturated rings. The Morgan fingerprint density at radius 3 is 2.65 bits per heavy atom. The fourth-order valence-electron chi connectivity index (χ4n) is 3.33. The number of rotatable bonds is 8. The lowest BCUT2D eigenvalue weighted by Crippen LogP contribution is -2.36. The van der Waals surface area contributed by atoms with Crippen molar-refractivity contribution in [3.05, 3.63) is 103 Å². The predicted molar refractivity (Wildman–Crippen MR) is 139 cm³/mol. The number of nitrogens with zero attached hydrogens (tertiary/aromatic N) is 2. The van der Waals surface area contributed by atoms with E-state index in [0.717, 1.165) is 4.90 Å². The van der Waals surface area contributed by atoms with E-state index in [1.165, 1.54) is 36.4 Å². The number of non-ortho nitro benzene ring substituents is 1. The first-order chi connectivity index (χ1) is 17.7. The quantitative estimate of drug-likeness (QED) is 0.203. The van der Waals surface area contributed by atoms with E-state index in [9.17, 15) is 28.9 Å². The van der Waals surface area contributed by atoms with Gasteiger partial charge in [-0.25, -0.2) is 4.39 Å². The summed E-state index contributed by atoms with van der Waals surface area (Å²) in [7, 11) is 0. The first-order valence-corrected chi connectivity index (χ1v) is 12.3. The Hall–Kier alpha value is -4.03. The molecule has 3 aromatic rings. The zero-order valence-electron chi connectivity index (χ0n) is 18.9. The van der Waals surface area contributed by atoms with Crippen LogP contribution in [0.3, 0.4) is 0 Å². The van der Waals surface area contributed by atoms with Crippen LogP contribution in [0.2, 0.25) is 0 Å². The molecule has 1 aliphatic heterocycles. The van der Waals surface area contributed by atoms with E-state index >= 15 is 0 Å². The third kappa shape index (κ3) is 6.40. The Balaban J connectivity index is 1.40. The molecular weight excluding hydrogens is 569 g/mol. The number of benzene rings is 3. The van der Waals surface area contributed by atoms with Crippen molar-refractivity contribution < 1.29 is 28.4 Å².